The molecule has 2 atom stereocenters. The first-order chi connectivity index (χ1) is 8.73. The van der Waals surface area contributed by atoms with Gasteiger partial charge in [0.25, 0.3) is 0 Å². The molecule has 2 aliphatic rings. The van der Waals surface area contributed by atoms with Crippen molar-refractivity contribution in [3.05, 3.63) is 0 Å². The molecular weight excluding hydrogens is 224 g/mol. The predicted molar refractivity (Wildman–Crippen MR) is 75.6 cm³/mol. The van der Waals surface area contributed by atoms with E-state index in [4.69, 9.17) is 10.5 Å². The average Bonchev–Trinajstić information content (AvgIpc) is 2.91. The normalized spacial score (nSPS) is 34.3. The minimum absolute atomic E-state index is 0.0928. The average molecular weight is 254 g/mol. The van der Waals surface area contributed by atoms with Crippen molar-refractivity contribution in [3.63, 3.8) is 0 Å². The van der Waals surface area contributed by atoms with Gasteiger partial charge in [0.2, 0.25) is 0 Å². The first-order valence-electron chi connectivity index (χ1n) is 7.67. The summed E-state index contributed by atoms with van der Waals surface area (Å²) in [6.45, 7) is 1.94. The van der Waals surface area contributed by atoms with E-state index in [1.165, 1.54) is 57.9 Å². The highest BCUT2D eigenvalue weighted by Crippen LogP contribution is 2.36. The Labute approximate surface area is 112 Å². The zero-order valence-corrected chi connectivity index (χ0v) is 12.2. The summed E-state index contributed by atoms with van der Waals surface area (Å²) >= 11 is 0. The molecule has 0 spiro atoms. The van der Waals surface area contributed by atoms with Crippen LogP contribution in [0.4, 0.5) is 0 Å². The van der Waals surface area contributed by atoms with Gasteiger partial charge in [-0.15, -0.1) is 0 Å². The van der Waals surface area contributed by atoms with E-state index >= 15 is 0 Å². The first-order valence-corrected chi connectivity index (χ1v) is 7.67. The Kier molecular flexibility index (Phi) is 5.05. The van der Waals surface area contributed by atoms with Gasteiger partial charge in [-0.25, -0.2) is 0 Å². The second kappa shape index (κ2) is 6.36. The van der Waals surface area contributed by atoms with Gasteiger partial charge in [-0.3, -0.25) is 4.90 Å². The highest BCUT2D eigenvalue weighted by atomic mass is 16.5. The Bertz CT molecular complexity index is 253. The number of likely N-dealkylation sites (N-methyl/N-ethyl adjacent to an activating group) is 1. The van der Waals surface area contributed by atoms with E-state index in [0.717, 1.165) is 12.5 Å². The first kappa shape index (κ1) is 14.3. The highest BCUT2D eigenvalue weighted by molar-refractivity contribution is 5.00. The third kappa shape index (κ3) is 2.73. The molecule has 0 aromatic rings. The van der Waals surface area contributed by atoms with Crippen molar-refractivity contribution in [2.45, 2.75) is 63.0 Å². The van der Waals surface area contributed by atoms with E-state index in [0.29, 0.717) is 6.10 Å². The van der Waals surface area contributed by atoms with Gasteiger partial charge in [0.15, 0.2) is 0 Å². The van der Waals surface area contributed by atoms with Crippen LogP contribution in [0, 0.1) is 5.92 Å². The predicted octanol–water partition coefficient (Wildman–Crippen LogP) is 2.39. The fraction of sp³-hybridized carbons (Fsp3) is 1.00. The summed E-state index contributed by atoms with van der Waals surface area (Å²) in [5.41, 5.74) is 6.25. The summed E-state index contributed by atoms with van der Waals surface area (Å²) in [7, 11) is 4.12. The van der Waals surface area contributed by atoms with Crippen LogP contribution >= 0.6 is 0 Å². The van der Waals surface area contributed by atoms with E-state index in [-0.39, 0.29) is 5.54 Å². The third-order valence-corrected chi connectivity index (χ3v) is 5.33. The Hall–Kier alpha value is -0.120. The maximum Gasteiger partial charge on any atom is 0.0767 e. The van der Waals surface area contributed by atoms with Crippen LogP contribution in [0.1, 0.15) is 51.4 Å². The maximum atomic E-state index is 6.16. The van der Waals surface area contributed by atoms with Gasteiger partial charge >= 0.3 is 0 Å². The van der Waals surface area contributed by atoms with Gasteiger partial charge in [0, 0.05) is 20.2 Å². The van der Waals surface area contributed by atoms with Crippen LogP contribution in [0.3, 0.4) is 0 Å². The molecule has 0 bridgehead atoms. The van der Waals surface area contributed by atoms with Crippen molar-refractivity contribution in [2.24, 2.45) is 11.7 Å². The standard InChI is InChI=1S/C15H30N2O/c1-17(11-13-7-3-4-8-13)15(12-16)10-6-5-9-14(15)18-2/h13-14H,3-12,16H2,1-2H3. The van der Waals surface area contributed by atoms with Gasteiger partial charge in [0.1, 0.15) is 0 Å². The number of nitrogens with two attached hydrogens (primary N) is 1. The number of hydrogen-bond donors (Lipinski definition) is 1. The van der Waals surface area contributed by atoms with Crippen molar-refractivity contribution in [1.82, 2.24) is 4.90 Å². The molecule has 0 aromatic carbocycles. The summed E-state index contributed by atoms with van der Waals surface area (Å²) in [5.74, 6) is 0.887. The van der Waals surface area contributed by atoms with Crippen LogP contribution < -0.4 is 5.73 Å². The highest BCUT2D eigenvalue weighted by Gasteiger charge is 2.43. The lowest BCUT2D eigenvalue weighted by Crippen LogP contribution is -2.62. The number of ether oxygens (including phenoxy) is 1. The van der Waals surface area contributed by atoms with E-state index in [2.05, 4.69) is 11.9 Å². The molecule has 2 aliphatic carbocycles. The summed E-state index contributed by atoms with van der Waals surface area (Å²) < 4.78 is 5.76. The quantitative estimate of drug-likeness (QED) is 0.819. The SMILES string of the molecule is COC1CCCCC1(CN)N(C)CC1CCCC1. The largest absolute Gasteiger partial charge is 0.379 e. The molecule has 2 rings (SSSR count). The number of hydrogen-bond acceptors (Lipinski definition) is 3. The summed E-state index contributed by atoms with van der Waals surface area (Å²) in [6.07, 6.45) is 10.9. The van der Waals surface area contributed by atoms with Crippen LogP contribution in [0.15, 0.2) is 0 Å². The molecule has 2 unspecified atom stereocenters. The van der Waals surface area contributed by atoms with Gasteiger partial charge in [0.05, 0.1) is 11.6 Å². The van der Waals surface area contributed by atoms with Crippen LogP contribution in [0.5, 0.6) is 0 Å². The van der Waals surface area contributed by atoms with Gasteiger partial charge in [-0.2, -0.15) is 0 Å². The number of rotatable bonds is 5. The van der Waals surface area contributed by atoms with Gasteiger partial charge in [-0.1, -0.05) is 25.7 Å². The Morgan fingerprint density at radius 1 is 1.17 bits per heavy atom. The molecule has 106 valence electrons. The zero-order chi connectivity index (χ0) is 13.0. The zero-order valence-electron chi connectivity index (χ0n) is 12.2. The minimum atomic E-state index is 0.0928. The number of nitrogens with zero attached hydrogens (tertiary/aromatic N) is 1. The Morgan fingerprint density at radius 3 is 2.44 bits per heavy atom. The van der Waals surface area contributed by atoms with Crippen molar-refractivity contribution in [3.8, 4) is 0 Å². The lowest BCUT2D eigenvalue weighted by Gasteiger charge is -2.49. The van der Waals surface area contributed by atoms with E-state index in [9.17, 15) is 0 Å². The smallest absolute Gasteiger partial charge is 0.0767 e. The van der Waals surface area contributed by atoms with Crippen molar-refractivity contribution >= 4 is 0 Å². The molecule has 2 saturated carbocycles. The summed E-state index contributed by atoms with van der Waals surface area (Å²) in [6, 6.07) is 0. The lowest BCUT2D eigenvalue weighted by molar-refractivity contribution is -0.0697. The second-order valence-electron chi connectivity index (χ2n) is 6.31. The Morgan fingerprint density at radius 2 is 1.83 bits per heavy atom. The van der Waals surface area contributed by atoms with Crippen LogP contribution in [-0.4, -0.2) is 43.8 Å². The van der Waals surface area contributed by atoms with Crippen molar-refractivity contribution < 1.29 is 4.74 Å². The molecule has 18 heavy (non-hydrogen) atoms. The minimum Gasteiger partial charge on any atom is -0.379 e. The summed E-state index contributed by atoms with van der Waals surface area (Å²) in [5, 5.41) is 0. The Balaban J connectivity index is 2.03. The van der Waals surface area contributed by atoms with E-state index < -0.39 is 0 Å². The topological polar surface area (TPSA) is 38.5 Å². The van der Waals surface area contributed by atoms with E-state index in [1.807, 2.05) is 7.11 Å². The van der Waals surface area contributed by atoms with Gasteiger partial charge < -0.3 is 10.5 Å². The van der Waals surface area contributed by atoms with Crippen LogP contribution in [0.25, 0.3) is 0 Å². The fourth-order valence-electron chi connectivity index (χ4n) is 4.12. The molecule has 0 saturated heterocycles. The lowest BCUT2D eigenvalue weighted by atomic mass is 9.77. The molecule has 0 aliphatic heterocycles. The van der Waals surface area contributed by atoms with Crippen LogP contribution in [0.2, 0.25) is 0 Å². The van der Waals surface area contributed by atoms with E-state index in [1.54, 1.807) is 0 Å². The van der Waals surface area contributed by atoms with Gasteiger partial charge in [-0.05, 0) is 38.6 Å². The van der Waals surface area contributed by atoms with Crippen molar-refractivity contribution in [1.29, 1.82) is 0 Å². The molecule has 0 heterocycles. The third-order valence-electron chi connectivity index (χ3n) is 5.33. The molecule has 3 nitrogen and oxygen atoms in total. The molecule has 2 N–H and O–H groups in total. The molecule has 0 radical (unpaired) electrons. The number of methoxy groups -OCH3 is 1. The second-order valence-corrected chi connectivity index (χ2v) is 6.31. The molecule has 2 fully saturated rings. The molecular formula is C15H30N2O. The maximum absolute atomic E-state index is 6.16. The van der Waals surface area contributed by atoms with Crippen molar-refractivity contribution in [2.75, 3.05) is 27.2 Å². The molecule has 0 amide bonds. The molecule has 3 heteroatoms. The molecule has 0 aromatic heterocycles. The fourth-order valence-corrected chi connectivity index (χ4v) is 4.12. The summed E-state index contributed by atoms with van der Waals surface area (Å²) in [4.78, 5) is 2.54. The monoisotopic (exact) mass is 254 g/mol. The van der Waals surface area contributed by atoms with Crippen LogP contribution in [-0.2, 0) is 4.74 Å².